The van der Waals surface area contributed by atoms with Gasteiger partial charge < -0.3 is 10.4 Å². The van der Waals surface area contributed by atoms with E-state index in [0.717, 1.165) is 18.2 Å². The van der Waals surface area contributed by atoms with Gasteiger partial charge in [0.1, 0.15) is 0 Å². The Balaban J connectivity index is 1.58. The fourth-order valence-electron chi connectivity index (χ4n) is 2.52. The topological polar surface area (TPSA) is 62.2 Å². The van der Waals surface area contributed by atoms with Gasteiger partial charge in [0.15, 0.2) is 0 Å². The van der Waals surface area contributed by atoms with E-state index in [0.29, 0.717) is 6.54 Å². The van der Waals surface area contributed by atoms with Crippen molar-refractivity contribution in [3.63, 3.8) is 0 Å². The van der Waals surface area contributed by atoms with Gasteiger partial charge in [0, 0.05) is 11.9 Å². The number of hydrogen-bond donors (Lipinski definition) is 2. The van der Waals surface area contributed by atoms with E-state index in [1.165, 1.54) is 49.9 Å². The van der Waals surface area contributed by atoms with Gasteiger partial charge in [-0.2, -0.15) is 0 Å². The van der Waals surface area contributed by atoms with Crippen LogP contribution in [0.2, 0.25) is 0 Å². The van der Waals surface area contributed by atoms with Crippen molar-refractivity contribution in [2.45, 2.75) is 45.1 Å². The standard InChI is InChI=1S/C13H20N2O2S/c16-13(17)12-15-11(9-18-12)8-14-7-3-6-10-4-1-2-5-10/h9-10,14H,1-8H2,(H,16,17). The maximum atomic E-state index is 10.7. The van der Waals surface area contributed by atoms with Crippen molar-refractivity contribution < 1.29 is 9.90 Å². The largest absolute Gasteiger partial charge is 0.476 e. The number of aromatic carboxylic acids is 1. The molecule has 4 nitrogen and oxygen atoms in total. The minimum atomic E-state index is -0.938. The van der Waals surface area contributed by atoms with Crippen LogP contribution in [0.1, 0.15) is 54.0 Å². The molecule has 0 radical (unpaired) electrons. The summed E-state index contributed by atoms with van der Waals surface area (Å²) in [5, 5.41) is 14.1. The molecule has 1 aromatic rings. The number of carbonyl (C=O) groups is 1. The summed E-state index contributed by atoms with van der Waals surface area (Å²) in [6, 6.07) is 0. The second kappa shape index (κ2) is 6.85. The number of nitrogens with zero attached hydrogens (tertiary/aromatic N) is 1. The van der Waals surface area contributed by atoms with Crippen LogP contribution in [0.25, 0.3) is 0 Å². The highest BCUT2D eigenvalue weighted by molar-refractivity contribution is 7.11. The molecule has 0 amide bonds. The van der Waals surface area contributed by atoms with E-state index >= 15 is 0 Å². The molecule has 1 fully saturated rings. The predicted octanol–water partition coefficient (Wildman–Crippen LogP) is 2.90. The number of nitrogens with one attached hydrogen (secondary N) is 1. The average Bonchev–Trinajstić information content (AvgIpc) is 2.98. The molecule has 0 atom stereocenters. The SMILES string of the molecule is O=C(O)c1nc(CNCCCC2CCCC2)cs1. The first-order valence-electron chi connectivity index (χ1n) is 6.64. The van der Waals surface area contributed by atoms with Gasteiger partial charge in [0.05, 0.1) is 5.69 Å². The number of thiazole rings is 1. The zero-order valence-corrected chi connectivity index (χ0v) is 11.3. The minimum absolute atomic E-state index is 0.178. The van der Waals surface area contributed by atoms with Crippen molar-refractivity contribution in [3.05, 3.63) is 16.1 Å². The Hall–Kier alpha value is -0.940. The highest BCUT2D eigenvalue weighted by atomic mass is 32.1. The van der Waals surface area contributed by atoms with Crippen molar-refractivity contribution in [1.82, 2.24) is 10.3 Å². The molecule has 5 heteroatoms. The van der Waals surface area contributed by atoms with E-state index < -0.39 is 5.97 Å². The summed E-state index contributed by atoms with van der Waals surface area (Å²) in [4.78, 5) is 14.7. The maximum Gasteiger partial charge on any atom is 0.365 e. The molecular formula is C13H20N2O2S. The van der Waals surface area contributed by atoms with Gasteiger partial charge >= 0.3 is 5.97 Å². The molecule has 0 bridgehead atoms. The van der Waals surface area contributed by atoms with Crippen LogP contribution < -0.4 is 5.32 Å². The third kappa shape index (κ3) is 4.07. The summed E-state index contributed by atoms with van der Waals surface area (Å²) < 4.78 is 0. The van der Waals surface area contributed by atoms with Crippen molar-refractivity contribution in [2.24, 2.45) is 5.92 Å². The van der Waals surface area contributed by atoms with Gasteiger partial charge in [-0.1, -0.05) is 25.7 Å². The van der Waals surface area contributed by atoms with Crippen LogP contribution in [0.3, 0.4) is 0 Å². The third-order valence-corrected chi connectivity index (χ3v) is 4.36. The molecule has 1 aromatic heterocycles. The molecule has 0 unspecified atom stereocenters. The van der Waals surface area contributed by atoms with Crippen LogP contribution in [0.5, 0.6) is 0 Å². The molecule has 1 saturated carbocycles. The minimum Gasteiger partial charge on any atom is -0.476 e. The van der Waals surface area contributed by atoms with Gasteiger partial charge in [-0.25, -0.2) is 9.78 Å². The van der Waals surface area contributed by atoms with E-state index in [2.05, 4.69) is 10.3 Å². The van der Waals surface area contributed by atoms with E-state index in [1.807, 2.05) is 5.38 Å². The summed E-state index contributed by atoms with van der Waals surface area (Å²) in [5.74, 6) is 0.0113. The normalized spacial score (nSPS) is 16.2. The predicted molar refractivity (Wildman–Crippen MR) is 72.0 cm³/mol. The molecule has 0 saturated heterocycles. The zero-order chi connectivity index (χ0) is 12.8. The molecule has 2 N–H and O–H groups in total. The summed E-state index contributed by atoms with van der Waals surface area (Å²) in [6.07, 6.45) is 8.18. The Morgan fingerprint density at radius 1 is 1.50 bits per heavy atom. The summed E-state index contributed by atoms with van der Waals surface area (Å²) in [5.41, 5.74) is 0.832. The highest BCUT2D eigenvalue weighted by Crippen LogP contribution is 2.28. The molecule has 1 aliphatic rings. The monoisotopic (exact) mass is 268 g/mol. The molecular weight excluding hydrogens is 248 g/mol. The first-order valence-corrected chi connectivity index (χ1v) is 7.52. The Kier molecular flexibility index (Phi) is 5.13. The van der Waals surface area contributed by atoms with Gasteiger partial charge in [-0.15, -0.1) is 11.3 Å². The Bertz CT molecular complexity index is 386. The average molecular weight is 268 g/mol. The number of rotatable bonds is 7. The lowest BCUT2D eigenvalue weighted by Crippen LogP contribution is -2.15. The van der Waals surface area contributed by atoms with Crippen LogP contribution in [0.15, 0.2) is 5.38 Å². The fraction of sp³-hybridized carbons (Fsp3) is 0.692. The van der Waals surface area contributed by atoms with Crippen LogP contribution in [0, 0.1) is 5.92 Å². The zero-order valence-electron chi connectivity index (χ0n) is 10.5. The lowest BCUT2D eigenvalue weighted by Gasteiger charge is -2.08. The quantitative estimate of drug-likeness (QED) is 0.746. The van der Waals surface area contributed by atoms with Gasteiger partial charge in [-0.05, 0) is 25.3 Å². The van der Waals surface area contributed by atoms with Crippen molar-refractivity contribution in [1.29, 1.82) is 0 Å². The van der Waals surface area contributed by atoms with Crippen LogP contribution in [-0.4, -0.2) is 22.6 Å². The molecule has 2 rings (SSSR count). The summed E-state index contributed by atoms with van der Waals surface area (Å²) >= 11 is 1.19. The van der Waals surface area contributed by atoms with Gasteiger partial charge in [-0.3, -0.25) is 0 Å². The molecule has 0 aliphatic heterocycles. The first kappa shape index (κ1) is 13.5. The number of carboxylic acids is 1. The van der Waals surface area contributed by atoms with Gasteiger partial charge in [0.25, 0.3) is 0 Å². The Morgan fingerprint density at radius 2 is 2.28 bits per heavy atom. The number of aromatic nitrogens is 1. The highest BCUT2D eigenvalue weighted by Gasteiger charge is 2.14. The number of carboxylic acid groups (broad SMARTS) is 1. The van der Waals surface area contributed by atoms with Crippen molar-refractivity contribution >= 4 is 17.3 Å². The van der Waals surface area contributed by atoms with Crippen LogP contribution in [0.4, 0.5) is 0 Å². The van der Waals surface area contributed by atoms with Crippen LogP contribution >= 0.6 is 11.3 Å². The van der Waals surface area contributed by atoms with Crippen molar-refractivity contribution in [2.75, 3.05) is 6.54 Å². The Labute approximate surface area is 111 Å². The number of hydrogen-bond acceptors (Lipinski definition) is 4. The molecule has 0 spiro atoms. The second-order valence-electron chi connectivity index (χ2n) is 4.92. The molecule has 18 heavy (non-hydrogen) atoms. The van der Waals surface area contributed by atoms with E-state index in [4.69, 9.17) is 5.11 Å². The molecule has 0 aromatic carbocycles. The molecule has 1 heterocycles. The van der Waals surface area contributed by atoms with E-state index in [1.54, 1.807) is 0 Å². The molecule has 100 valence electrons. The lowest BCUT2D eigenvalue weighted by molar-refractivity contribution is 0.0696. The van der Waals surface area contributed by atoms with E-state index in [-0.39, 0.29) is 5.01 Å². The maximum absolute atomic E-state index is 10.7. The van der Waals surface area contributed by atoms with E-state index in [9.17, 15) is 4.79 Å². The summed E-state index contributed by atoms with van der Waals surface area (Å²) in [6.45, 7) is 1.67. The summed E-state index contributed by atoms with van der Waals surface area (Å²) in [7, 11) is 0. The van der Waals surface area contributed by atoms with Crippen LogP contribution in [-0.2, 0) is 6.54 Å². The fourth-order valence-corrected chi connectivity index (χ4v) is 3.17. The Morgan fingerprint density at radius 3 is 2.94 bits per heavy atom. The second-order valence-corrected chi connectivity index (χ2v) is 5.78. The first-order chi connectivity index (χ1) is 8.75. The van der Waals surface area contributed by atoms with Crippen molar-refractivity contribution in [3.8, 4) is 0 Å². The lowest BCUT2D eigenvalue weighted by atomic mass is 10.0. The van der Waals surface area contributed by atoms with Gasteiger partial charge in [0.2, 0.25) is 5.01 Å². The smallest absolute Gasteiger partial charge is 0.365 e. The molecule has 1 aliphatic carbocycles. The third-order valence-electron chi connectivity index (χ3n) is 3.48.